The van der Waals surface area contributed by atoms with Gasteiger partial charge >= 0.3 is 0 Å². The van der Waals surface area contributed by atoms with Crippen LogP contribution >= 0.6 is 0 Å². The van der Waals surface area contributed by atoms with Gasteiger partial charge in [-0.15, -0.1) is 10.2 Å². The second-order valence-electron chi connectivity index (χ2n) is 6.01. The summed E-state index contributed by atoms with van der Waals surface area (Å²) < 4.78 is 34.4. The lowest BCUT2D eigenvalue weighted by molar-refractivity contribution is 0.340. The van der Waals surface area contributed by atoms with Crippen LogP contribution in [0.25, 0.3) is 0 Å². The van der Waals surface area contributed by atoms with Gasteiger partial charge in [-0.2, -0.15) is 0 Å². The maximum absolute atomic E-state index is 12.2. The maximum Gasteiger partial charge on any atom is 0.215 e. The van der Waals surface area contributed by atoms with E-state index in [1.54, 1.807) is 13.3 Å². The van der Waals surface area contributed by atoms with E-state index in [2.05, 4.69) is 14.9 Å². The summed E-state index contributed by atoms with van der Waals surface area (Å²) in [6.45, 7) is 7.80. The van der Waals surface area contributed by atoms with Gasteiger partial charge in [-0.3, -0.25) is 0 Å². The standard InChI is InChI=1S/C16H24N4O3S/c1-12(2)20-11-17-18-16(20)14(4)19-24(21,22)10-9-23-15-7-5-13(3)6-8-15/h5-8,11-12,14,19H,9-10H2,1-4H3/t14-/m1/s1. The first-order valence-electron chi connectivity index (χ1n) is 7.87. The molecule has 24 heavy (non-hydrogen) atoms. The number of aryl methyl sites for hydroxylation is 1. The first-order chi connectivity index (χ1) is 11.3. The summed E-state index contributed by atoms with van der Waals surface area (Å²) in [6, 6.07) is 7.18. The summed E-state index contributed by atoms with van der Waals surface area (Å²) in [5.41, 5.74) is 1.12. The predicted octanol–water partition coefficient (Wildman–Crippen LogP) is 2.23. The molecule has 1 aromatic carbocycles. The first-order valence-corrected chi connectivity index (χ1v) is 9.52. The fourth-order valence-corrected chi connectivity index (χ4v) is 3.31. The van der Waals surface area contributed by atoms with E-state index in [1.807, 2.05) is 49.6 Å². The molecule has 0 unspecified atom stereocenters. The van der Waals surface area contributed by atoms with Crippen molar-refractivity contribution in [1.82, 2.24) is 19.5 Å². The molecule has 0 spiro atoms. The molecule has 1 heterocycles. The molecule has 0 aliphatic rings. The molecule has 1 aromatic heterocycles. The third kappa shape index (κ3) is 5.04. The number of nitrogens with one attached hydrogen (secondary N) is 1. The van der Waals surface area contributed by atoms with Gasteiger partial charge in [0, 0.05) is 6.04 Å². The zero-order valence-electron chi connectivity index (χ0n) is 14.4. The van der Waals surface area contributed by atoms with Crippen molar-refractivity contribution in [2.24, 2.45) is 0 Å². The van der Waals surface area contributed by atoms with Crippen LogP contribution in [-0.2, 0) is 10.0 Å². The largest absolute Gasteiger partial charge is 0.492 e. The molecule has 2 aromatic rings. The van der Waals surface area contributed by atoms with E-state index in [4.69, 9.17) is 4.74 Å². The van der Waals surface area contributed by atoms with E-state index in [0.29, 0.717) is 11.6 Å². The van der Waals surface area contributed by atoms with Crippen molar-refractivity contribution >= 4 is 10.0 Å². The number of hydrogen-bond donors (Lipinski definition) is 1. The normalized spacial score (nSPS) is 13.2. The van der Waals surface area contributed by atoms with Crippen LogP contribution in [0, 0.1) is 6.92 Å². The summed E-state index contributed by atoms with van der Waals surface area (Å²) in [5, 5.41) is 7.87. The highest BCUT2D eigenvalue weighted by Gasteiger charge is 2.21. The van der Waals surface area contributed by atoms with E-state index in [0.717, 1.165) is 5.56 Å². The lowest BCUT2D eigenvalue weighted by atomic mass is 10.2. The van der Waals surface area contributed by atoms with E-state index in [9.17, 15) is 8.42 Å². The molecule has 0 fully saturated rings. The van der Waals surface area contributed by atoms with Crippen molar-refractivity contribution in [1.29, 1.82) is 0 Å². The van der Waals surface area contributed by atoms with Crippen molar-refractivity contribution in [3.05, 3.63) is 42.0 Å². The smallest absolute Gasteiger partial charge is 0.215 e. The number of ether oxygens (including phenoxy) is 1. The second kappa shape index (κ2) is 7.76. The number of nitrogens with zero attached hydrogens (tertiary/aromatic N) is 3. The van der Waals surface area contributed by atoms with Crippen LogP contribution < -0.4 is 9.46 Å². The molecule has 132 valence electrons. The summed E-state index contributed by atoms with van der Waals surface area (Å²) in [4.78, 5) is 0. The van der Waals surface area contributed by atoms with Gasteiger partial charge in [-0.25, -0.2) is 13.1 Å². The zero-order valence-corrected chi connectivity index (χ0v) is 15.2. The Bertz CT molecular complexity index is 754. The quantitative estimate of drug-likeness (QED) is 0.787. The number of sulfonamides is 1. The van der Waals surface area contributed by atoms with E-state index >= 15 is 0 Å². The first kappa shape index (κ1) is 18.4. The van der Waals surface area contributed by atoms with Gasteiger partial charge in [0.25, 0.3) is 0 Å². The number of aromatic nitrogens is 3. The predicted molar refractivity (Wildman–Crippen MR) is 92.4 cm³/mol. The van der Waals surface area contributed by atoms with Crippen LogP contribution in [0.1, 0.15) is 44.2 Å². The minimum atomic E-state index is -3.48. The van der Waals surface area contributed by atoms with E-state index in [1.165, 1.54) is 0 Å². The number of benzene rings is 1. The zero-order chi connectivity index (χ0) is 17.7. The molecule has 0 saturated heterocycles. The van der Waals surface area contributed by atoms with Crippen LogP contribution in [0.2, 0.25) is 0 Å². The SMILES string of the molecule is Cc1ccc(OCCS(=O)(=O)N[C@H](C)c2nncn2C(C)C)cc1. The van der Waals surface area contributed by atoms with Gasteiger partial charge in [-0.1, -0.05) is 17.7 Å². The molecule has 7 nitrogen and oxygen atoms in total. The van der Waals surface area contributed by atoms with Crippen molar-refractivity contribution in [3.63, 3.8) is 0 Å². The Labute approximate surface area is 143 Å². The van der Waals surface area contributed by atoms with Crippen LogP contribution in [0.4, 0.5) is 0 Å². The van der Waals surface area contributed by atoms with Gasteiger partial charge in [0.15, 0.2) is 5.82 Å². The summed E-state index contributed by atoms with van der Waals surface area (Å²) in [5.74, 6) is 1.12. The molecular formula is C16H24N4O3S. The van der Waals surface area contributed by atoms with E-state index in [-0.39, 0.29) is 18.4 Å². The molecule has 0 bridgehead atoms. The second-order valence-corrected chi connectivity index (χ2v) is 7.88. The average Bonchev–Trinajstić information content (AvgIpc) is 2.98. The highest BCUT2D eigenvalue weighted by atomic mass is 32.2. The number of rotatable bonds is 8. The Balaban J connectivity index is 1.90. The fourth-order valence-electron chi connectivity index (χ4n) is 2.24. The van der Waals surface area contributed by atoms with Crippen LogP contribution in [-0.4, -0.2) is 35.5 Å². The van der Waals surface area contributed by atoms with Crippen LogP contribution in [0.5, 0.6) is 5.75 Å². The highest BCUT2D eigenvalue weighted by molar-refractivity contribution is 7.89. The molecule has 0 radical (unpaired) electrons. The Kier molecular flexibility index (Phi) is 5.95. The Morgan fingerprint density at radius 2 is 1.88 bits per heavy atom. The molecule has 0 aliphatic carbocycles. The lowest BCUT2D eigenvalue weighted by Crippen LogP contribution is -2.32. The average molecular weight is 352 g/mol. The topological polar surface area (TPSA) is 86.1 Å². The molecule has 0 amide bonds. The summed E-state index contributed by atoms with van der Waals surface area (Å²) in [7, 11) is -3.48. The molecular weight excluding hydrogens is 328 g/mol. The third-order valence-corrected chi connectivity index (χ3v) is 4.96. The molecule has 8 heteroatoms. The fraction of sp³-hybridized carbons (Fsp3) is 0.500. The Hall–Kier alpha value is -1.93. The monoisotopic (exact) mass is 352 g/mol. The van der Waals surface area contributed by atoms with Crippen molar-refractivity contribution in [3.8, 4) is 5.75 Å². The summed E-state index contributed by atoms with van der Waals surface area (Å²) >= 11 is 0. The van der Waals surface area contributed by atoms with Gasteiger partial charge in [0.1, 0.15) is 18.7 Å². The number of hydrogen-bond acceptors (Lipinski definition) is 5. The molecule has 1 N–H and O–H groups in total. The molecule has 2 rings (SSSR count). The lowest BCUT2D eigenvalue weighted by Gasteiger charge is -2.17. The third-order valence-electron chi connectivity index (χ3n) is 3.54. The minimum Gasteiger partial charge on any atom is -0.492 e. The van der Waals surface area contributed by atoms with Crippen molar-refractivity contribution < 1.29 is 13.2 Å². The van der Waals surface area contributed by atoms with Crippen molar-refractivity contribution in [2.45, 2.75) is 39.8 Å². The maximum atomic E-state index is 12.2. The van der Waals surface area contributed by atoms with Gasteiger partial charge < -0.3 is 9.30 Å². The summed E-state index contributed by atoms with van der Waals surface area (Å²) in [6.07, 6.45) is 1.60. The minimum absolute atomic E-state index is 0.0853. The van der Waals surface area contributed by atoms with Crippen LogP contribution in [0.15, 0.2) is 30.6 Å². The van der Waals surface area contributed by atoms with Gasteiger partial charge in [-0.05, 0) is 39.8 Å². The van der Waals surface area contributed by atoms with Crippen LogP contribution in [0.3, 0.4) is 0 Å². The van der Waals surface area contributed by atoms with Gasteiger partial charge in [0.05, 0.1) is 11.8 Å². The van der Waals surface area contributed by atoms with E-state index < -0.39 is 16.1 Å². The molecule has 0 aliphatic heterocycles. The van der Waals surface area contributed by atoms with Gasteiger partial charge in [0.2, 0.25) is 10.0 Å². The molecule has 1 atom stereocenters. The highest BCUT2D eigenvalue weighted by Crippen LogP contribution is 2.15. The van der Waals surface area contributed by atoms with Crippen molar-refractivity contribution in [2.75, 3.05) is 12.4 Å². The Morgan fingerprint density at radius 1 is 1.21 bits per heavy atom. The Morgan fingerprint density at radius 3 is 2.50 bits per heavy atom. The molecule has 0 saturated carbocycles.